The number of aromatic amines is 1. The zero-order valence-electron chi connectivity index (χ0n) is 15.7. The molecule has 1 aromatic heterocycles. The van der Waals surface area contributed by atoms with E-state index >= 15 is 0 Å². The third kappa shape index (κ3) is 6.14. The summed E-state index contributed by atoms with van der Waals surface area (Å²) in [4.78, 5) is 43.0. The third-order valence-corrected chi connectivity index (χ3v) is 4.36. The van der Waals surface area contributed by atoms with Crippen molar-refractivity contribution in [3.05, 3.63) is 18.2 Å². The van der Waals surface area contributed by atoms with E-state index in [-0.39, 0.29) is 18.3 Å². The van der Waals surface area contributed by atoms with Crippen LogP contribution in [-0.2, 0) is 20.8 Å². The van der Waals surface area contributed by atoms with Crippen molar-refractivity contribution in [2.45, 2.75) is 58.7 Å². The molecule has 1 rings (SSSR count). The van der Waals surface area contributed by atoms with Crippen LogP contribution >= 0.6 is 0 Å². The van der Waals surface area contributed by atoms with Crippen molar-refractivity contribution in [2.75, 3.05) is 0 Å². The summed E-state index contributed by atoms with van der Waals surface area (Å²) in [6.45, 7) is 7.11. The van der Waals surface area contributed by atoms with Gasteiger partial charge in [-0.2, -0.15) is 0 Å². The molecular formula is C17H29N5O4. The zero-order valence-corrected chi connectivity index (χ0v) is 15.7. The monoisotopic (exact) mass is 367 g/mol. The number of carboxylic acid groups (broad SMARTS) is 1. The van der Waals surface area contributed by atoms with Gasteiger partial charge in [0, 0.05) is 18.3 Å². The highest BCUT2D eigenvalue weighted by Crippen LogP contribution is 2.11. The lowest BCUT2D eigenvalue weighted by molar-refractivity contribution is -0.143. The maximum absolute atomic E-state index is 12.6. The Hall–Kier alpha value is -2.42. The Labute approximate surface area is 153 Å². The van der Waals surface area contributed by atoms with Gasteiger partial charge in [-0.15, -0.1) is 0 Å². The molecule has 0 aliphatic rings. The molecule has 2 amide bonds. The molecule has 0 bridgehead atoms. The number of rotatable bonds is 10. The number of carbonyl (C=O) groups is 3. The lowest BCUT2D eigenvalue weighted by Crippen LogP contribution is -2.57. The topological polar surface area (TPSA) is 150 Å². The van der Waals surface area contributed by atoms with Gasteiger partial charge in [0.25, 0.3) is 0 Å². The van der Waals surface area contributed by atoms with E-state index in [1.807, 2.05) is 13.8 Å². The highest BCUT2D eigenvalue weighted by atomic mass is 16.4. The molecule has 4 unspecified atom stereocenters. The van der Waals surface area contributed by atoms with E-state index in [9.17, 15) is 19.5 Å². The van der Waals surface area contributed by atoms with Crippen molar-refractivity contribution in [1.82, 2.24) is 20.6 Å². The van der Waals surface area contributed by atoms with E-state index in [2.05, 4.69) is 20.6 Å². The van der Waals surface area contributed by atoms with Crippen LogP contribution in [0.2, 0.25) is 0 Å². The molecule has 4 atom stereocenters. The van der Waals surface area contributed by atoms with E-state index in [1.165, 1.54) is 6.33 Å². The van der Waals surface area contributed by atoms with E-state index < -0.39 is 35.9 Å². The summed E-state index contributed by atoms with van der Waals surface area (Å²) in [6, 6.07) is -2.74. The Morgan fingerprint density at radius 2 is 1.81 bits per heavy atom. The number of nitrogens with two attached hydrogens (primary N) is 1. The van der Waals surface area contributed by atoms with Gasteiger partial charge in [0.05, 0.1) is 12.4 Å². The molecule has 0 radical (unpaired) electrons. The van der Waals surface area contributed by atoms with Crippen LogP contribution in [-0.4, -0.2) is 51.0 Å². The van der Waals surface area contributed by atoms with Gasteiger partial charge in [-0.1, -0.05) is 34.1 Å². The van der Waals surface area contributed by atoms with Crippen LogP contribution in [0, 0.1) is 11.8 Å². The summed E-state index contributed by atoms with van der Waals surface area (Å²) in [5, 5.41) is 14.4. The van der Waals surface area contributed by atoms with Gasteiger partial charge in [0.1, 0.15) is 12.1 Å². The second-order valence-electron chi connectivity index (χ2n) is 6.83. The normalized spacial score (nSPS) is 15.8. The molecule has 1 aromatic rings. The second kappa shape index (κ2) is 9.91. The average Bonchev–Trinajstić information content (AvgIpc) is 3.08. The van der Waals surface area contributed by atoms with Crippen LogP contribution in [0.15, 0.2) is 12.5 Å². The van der Waals surface area contributed by atoms with E-state index in [4.69, 9.17) is 5.73 Å². The van der Waals surface area contributed by atoms with Crippen LogP contribution in [0.4, 0.5) is 0 Å². The number of aliphatic carboxylic acids is 1. The highest BCUT2D eigenvalue weighted by Gasteiger charge is 2.32. The SMILES string of the molecule is CCC(C)C(NC(=O)C(N)Cc1cnc[nH]1)C(=O)NC(C(=O)O)C(C)C. The van der Waals surface area contributed by atoms with Gasteiger partial charge in [0.15, 0.2) is 0 Å². The average molecular weight is 367 g/mol. The molecule has 1 heterocycles. The van der Waals surface area contributed by atoms with Gasteiger partial charge in [-0.3, -0.25) is 9.59 Å². The molecule has 0 aliphatic heterocycles. The molecule has 9 nitrogen and oxygen atoms in total. The number of carbonyl (C=O) groups excluding carboxylic acids is 2. The van der Waals surface area contributed by atoms with Crippen LogP contribution in [0.25, 0.3) is 0 Å². The minimum atomic E-state index is -1.11. The lowest BCUT2D eigenvalue weighted by atomic mass is 9.96. The second-order valence-corrected chi connectivity index (χ2v) is 6.83. The first-order chi connectivity index (χ1) is 12.2. The van der Waals surface area contributed by atoms with E-state index in [0.717, 1.165) is 0 Å². The van der Waals surface area contributed by atoms with Crippen LogP contribution in [0.3, 0.4) is 0 Å². The minimum absolute atomic E-state index is 0.181. The van der Waals surface area contributed by atoms with Crippen LogP contribution in [0.1, 0.15) is 39.8 Å². The number of hydrogen-bond donors (Lipinski definition) is 5. The Balaban J connectivity index is 2.80. The third-order valence-electron chi connectivity index (χ3n) is 4.36. The number of nitrogens with zero attached hydrogens (tertiary/aromatic N) is 1. The molecular weight excluding hydrogens is 338 g/mol. The highest BCUT2D eigenvalue weighted by molar-refractivity contribution is 5.92. The van der Waals surface area contributed by atoms with Crippen LogP contribution in [0.5, 0.6) is 0 Å². The summed E-state index contributed by atoms with van der Waals surface area (Å²) in [7, 11) is 0. The molecule has 0 aromatic carbocycles. The van der Waals surface area contributed by atoms with Gasteiger partial charge >= 0.3 is 5.97 Å². The summed E-state index contributed by atoms with van der Waals surface area (Å²) < 4.78 is 0. The van der Waals surface area contributed by atoms with Gasteiger partial charge in [-0.25, -0.2) is 9.78 Å². The first-order valence-corrected chi connectivity index (χ1v) is 8.73. The molecule has 0 fully saturated rings. The van der Waals surface area contributed by atoms with E-state index in [0.29, 0.717) is 12.1 Å². The van der Waals surface area contributed by atoms with Crippen LogP contribution < -0.4 is 16.4 Å². The summed E-state index contributed by atoms with van der Waals surface area (Å²) in [5.74, 6) is -2.58. The standard InChI is InChI=1S/C17H29N5O4/c1-5-10(4)14(16(24)21-13(9(2)3)17(25)26)22-15(23)12(18)6-11-7-19-8-20-11/h7-10,12-14H,5-6,18H2,1-4H3,(H,19,20)(H,21,24)(H,22,23)(H,25,26). The molecule has 26 heavy (non-hydrogen) atoms. The Morgan fingerprint density at radius 1 is 1.19 bits per heavy atom. The first kappa shape index (κ1) is 21.6. The maximum Gasteiger partial charge on any atom is 0.326 e. The van der Waals surface area contributed by atoms with E-state index in [1.54, 1.807) is 20.0 Å². The van der Waals surface area contributed by atoms with Crippen molar-refractivity contribution >= 4 is 17.8 Å². The van der Waals surface area contributed by atoms with Crippen molar-refractivity contribution in [3.63, 3.8) is 0 Å². The predicted molar refractivity (Wildman–Crippen MR) is 96.1 cm³/mol. The predicted octanol–water partition coefficient (Wildman–Crippen LogP) is 0.0358. The molecule has 0 spiro atoms. The fourth-order valence-corrected chi connectivity index (χ4v) is 2.44. The number of carboxylic acids is 1. The number of amides is 2. The molecule has 9 heteroatoms. The van der Waals surface area contributed by atoms with Crippen molar-refractivity contribution in [2.24, 2.45) is 17.6 Å². The molecule has 0 aliphatic carbocycles. The zero-order chi connectivity index (χ0) is 19.9. The molecule has 146 valence electrons. The fourth-order valence-electron chi connectivity index (χ4n) is 2.44. The largest absolute Gasteiger partial charge is 0.480 e. The lowest BCUT2D eigenvalue weighted by Gasteiger charge is -2.27. The van der Waals surface area contributed by atoms with Gasteiger partial charge < -0.3 is 26.5 Å². The molecule has 0 saturated heterocycles. The Bertz CT molecular complexity index is 602. The van der Waals surface area contributed by atoms with Crippen molar-refractivity contribution < 1.29 is 19.5 Å². The summed E-state index contributed by atoms with van der Waals surface area (Å²) in [5.41, 5.74) is 6.62. The Morgan fingerprint density at radius 3 is 2.27 bits per heavy atom. The number of H-pyrrole nitrogens is 1. The maximum atomic E-state index is 12.6. The minimum Gasteiger partial charge on any atom is -0.480 e. The first-order valence-electron chi connectivity index (χ1n) is 8.73. The summed E-state index contributed by atoms with van der Waals surface area (Å²) >= 11 is 0. The molecule has 6 N–H and O–H groups in total. The smallest absolute Gasteiger partial charge is 0.326 e. The molecule has 0 saturated carbocycles. The van der Waals surface area contributed by atoms with Crippen molar-refractivity contribution in [1.29, 1.82) is 0 Å². The quantitative estimate of drug-likeness (QED) is 0.394. The van der Waals surface area contributed by atoms with Crippen molar-refractivity contribution in [3.8, 4) is 0 Å². The number of aromatic nitrogens is 2. The van der Waals surface area contributed by atoms with Gasteiger partial charge in [-0.05, 0) is 11.8 Å². The number of imidazole rings is 1. The van der Waals surface area contributed by atoms with Gasteiger partial charge in [0.2, 0.25) is 11.8 Å². The Kier molecular flexibility index (Phi) is 8.24. The number of hydrogen-bond acceptors (Lipinski definition) is 5. The fraction of sp³-hybridized carbons (Fsp3) is 0.647. The summed E-state index contributed by atoms with van der Waals surface area (Å²) in [6.07, 6.45) is 3.96. The number of nitrogens with one attached hydrogen (secondary N) is 3.